The summed E-state index contributed by atoms with van der Waals surface area (Å²) >= 11 is 5.73. The Balaban J connectivity index is 2.41. The molecule has 14 heavy (non-hydrogen) atoms. The van der Waals surface area contributed by atoms with Crippen LogP contribution in [0.25, 0.3) is 5.82 Å². The Kier molecular flexibility index (Phi) is 2.50. The van der Waals surface area contributed by atoms with Crippen LogP contribution in [0.3, 0.4) is 0 Å². The van der Waals surface area contributed by atoms with E-state index in [4.69, 9.17) is 11.6 Å². The van der Waals surface area contributed by atoms with Gasteiger partial charge in [0.25, 0.3) is 0 Å². The number of alkyl halides is 1. The van der Waals surface area contributed by atoms with Gasteiger partial charge in [0, 0.05) is 18.3 Å². The second-order valence-corrected chi connectivity index (χ2v) is 3.39. The van der Waals surface area contributed by atoms with E-state index >= 15 is 0 Å². The Morgan fingerprint density at radius 3 is 3.00 bits per heavy atom. The third-order valence-electron chi connectivity index (χ3n) is 1.91. The summed E-state index contributed by atoms with van der Waals surface area (Å²) in [5, 5.41) is 4.17. The molecule has 0 saturated carbocycles. The molecule has 0 N–H and O–H groups in total. The largest absolute Gasteiger partial charge is 0.237 e. The van der Waals surface area contributed by atoms with Crippen LogP contribution in [0.1, 0.15) is 11.1 Å². The van der Waals surface area contributed by atoms with Crippen molar-refractivity contribution >= 4 is 11.6 Å². The number of hydrogen-bond acceptors (Lipinski definition) is 2. The van der Waals surface area contributed by atoms with Crippen molar-refractivity contribution in [3.63, 3.8) is 0 Å². The number of halogens is 1. The summed E-state index contributed by atoms with van der Waals surface area (Å²) in [7, 11) is 0. The summed E-state index contributed by atoms with van der Waals surface area (Å²) in [6, 6.07) is 3.83. The molecular weight excluding hydrogens is 198 g/mol. The molecule has 0 spiro atoms. The highest BCUT2D eigenvalue weighted by Gasteiger charge is 2.00. The Labute approximate surface area is 87.3 Å². The molecule has 3 nitrogen and oxygen atoms in total. The number of nitrogens with zero attached hydrogens (tertiary/aromatic N) is 3. The fourth-order valence-electron chi connectivity index (χ4n) is 1.21. The fraction of sp³-hybridized carbons (Fsp3) is 0.200. The topological polar surface area (TPSA) is 30.7 Å². The monoisotopic (exact) mass is 207 g/mol. The van der Waals surface area contributed by atoms with E-state index in [0.29, 0.717) is 5.88 Å². The highest BCUT2D eigenvalue weighted by molar-refractivity contribution is 6.17. The molecule has 0 atom stereocenters. The first kappa shape index (κ1) is 9.21. The molecule has 2 aromatic heterocycles. The molecule has 0 bridgehead atoms. The molecule has 0 amide bonds. The Morgan fingerprint density at radius 2 is 2.36 bits per heavy atom. The van der Waals surface area contributed by atoms with Gasteiger partial charge < -0.3 is 0 Å². The van der Waals surface area contributed by atoms with E-state index in [0.717, 1.165) is 16.9 Å². The highest BCUT2D eigenvalue weighted by atomic mass is 35.5. The predicted octanol–water partition coefficient (Wildman–Crippen LogP) is 2.31. The lowest BCUT2D eigenvalue weighted by Crippen LogP contribution is -1.98. The molecule has 2 heterocycles. The lowest BCUT2D eigenvalue weighted by Gasteiger charge is -2.01. The predicted molar refractivity (Wildman–Crippen MR) is 55.7 cm³/mol. The molecule has 0 aliphatic rings. The molecule has 0 fully saturated rings. The van der Waals surface area contributed by atoms with Crippen molar-refractivity contribution < 1.29 is 0 Å². The first-order valence-corrected chi connectivity index (χ1v) is 4.85. The van der Waals surface area contributed by atoms with Crippen LogP contribution in [0, 0.1) is 6.92 Å². The Bertz CT molecular complexity index is 436. The van der Waals surface area contributed by atoms with E-state index in [1.54, 1.807) is 17.1 Å². The smallest absolute Gasteiger partial charge is 0.153 e. The van der Waals surface area contributed by atoms with Gasteiger partial charge in [-0.05, 0) is 30.2 Å². The minimum absolute atomic E-state index is 0.496. The zero-order chi connectivity index (χ0) is 9.97. The minimum Gasteiger partial charge on any atom is -0.237 e. The first-order chi connectivity index (χ1) is 6.79. The van der Waals surface area contributed by atoms with E-state index < -0.39 is 0 Å². The molecule has 2 aromatic rings. The van der Waals surface area contributed by atoms with Crippen molar-refractivity contribution in [3.8, 4) is 5.82 Å². The second kappa shape index (κ2) is 3.80. The Morgan fingerprint density at radius 1 is 1.50 bits per heavy atom. The van der Waals surface area contributed by atoms with E-state index in [1.165, 1.54) is 0 Å². The maximum absolute atomic E-state index is 5.73. The average Bonchev–Trinajstić information content (AvgIpc) is 2.65. The van der Waals surface area contributed by atoms with Gasteiger partial charge in [-0.2, -0.15) is 5.10 Å². The van der Waals surface area contributed by atoms with Crippen molar-refractivity contribution in [1.82, 2.24) is 14.8 Å². The summed E-state index contributed by atoms with van der Waals surface area (Å²) in [6.45, 7) is 1.99. The number of aromatic nitrogens is 3. The van der Waals surface area contributed by atoms with Gasteiger partial charge in [-0.3, -0.25) is 0 Å². The van der Waals surface area contributed by atoms with Crippen LogP contribution in [-0.2, 0) is 5.88 Å². The van der Waals surface area contributed by atoms with E-state index in [1.807, 2.05) is 25.3 Å². The molecule has 72 valence electrons. The standard InChI is InChI=1S/C10H10ClN3/c1-8-6-13-14(7-8)10-4-9(5-11)2-3-12-10/h2-4,6-7H,5H2,1H3. The van der Waals surface area contributed by atoms with Gasteiger partial charge in [0.1, 0.15) is 0 Å². The van der Waals surface area contributed by atoms with Crippen LogP contribution in [0.4, 0.5) is 0 Å². The third-order valence-corrected chi connectivity index (χ3v) is 2.22. The van der Waals surface area contributed by atoms with Crippen molar-refractivity contribution in [1.29, 1.82) is 0 Å². The zero-order valence-electron chi connectivity index (χ0n) is 7.81. The molecular formula is C10H10ClN3. The second-order valence-electron chi connectivity index (χ2n) is 3.12. The number of pyridine rings is 1. The van der Waals surface area contributed by atoms with Crippen LogP contribution < -0.4 is 0 Å². The van der Waals surface area contributed by atoms with Crippen molar-refractivity contribution in [3.05, 3.63) is 41.9 Å². The number of aryl methyl sites for hydroxylation is 1. The molecule has 0 unspecified atom stereocenters. The van der Waals surface area contributed by atoms with Gasteiger partial charge in [0.05, 0.1) is 6.20 Å². The average molecular weight is 208 g/mol. The molecule has 4 heteroatoms. The molecule has 0 aliphatic carbocycles. The summed E-state index contributed by atoms with van der Waals surface area (Å²) in [5.74, 6) is 1.30. The van der Waals surface area contributed by atoms with Crippen LogP contribution in [-0.4, -0.2) is 14.8 Å². The lowest BCUT2D eigenvalue weighted by molar-refractivity contribution is 0.844. The van der Waals surface area contributed by atoms with Crippen LogP contribution >= 0.6 is 11.6 Å². The summed E-state index contributed by atoms with van der Waals surface area (Å²) in [5.41, 5.74) is 2.16. The molecule has 0 aliphatic heterocycles. The van der Waals surface area contributed by atoms with Crippen molar-refractivity contribution in [2.45, 2.75) is 12.8 Å². The summed E-state index contributed by atoms with van der Waals surface area (Å²) in [4.78, 5) is 4.21. The third kappa shape index (κ3) is 1.77. The fourth-order valence-corrected chi connectivity index (χ4v) is 1.37. The van der Waals surface area contributed by atoms with Gasteiger partial charge >= 0.3 is 0 Å². The SMILES string of the molecule is Cc1cnn(-c2cc(CCl)ccn2)c1. The molecule has 2 rings (SSSR count). The molecule has 0 aromatic carbocycles. The van der Waals surface area contributed by atoms with Gasteiger partial charge in [-0.1, -0.05) is 0 Å². The summed E-state index contributed by atoms with van der Waals surface area (Å²) in [6.07, 6.45) is 5.47. The lowest BCUT2D eigenvalue weighted by atomic mass is 10.3. The zero-order valence-corrected chi connectivity index (χ0v) is 8.57. The number of rotatable bonds is 2. The van der Waals surface area contributed by atoms with Crippen LogP contribution in [0.2, 0.25) is 0 Å². The maximum atomic E-state index is 5.73. The van der Waals surface area contributed by atoms with E-state index in [9.17, 15) is 0 Å². The van der Waals surface area contributed by atoms with Crippen LogP contribution in [0.15, 0.2) is 30.7 Å². The normalized spacial score (nSPS) is 10.4. The quantitative estimate of drug-likeness (QED) is 0.708. The minimum atomic E-state index is 0.496. The Hall–Kier alpha value is -1.35. The first-order valence-electron chi connectivity index (χ1n) is 4.32. The van der Waals surface area contributed by atoms with E-state index in [2.05, 4.69) is 10.1 Å². The van der Waals surface area contributed by atoms with Gasteiger partial charge in [0.15, 0.2) is 5.82 Å². The number of hydrogen-bond donors (Lipinski definition) is 0. The maximum Gasteiger partial charge on any atom is 0.153 e. The highest BCUT2D eigenvalue weighted by Crippen LogP contribution is 2.09. The van der Waals surface area contributed by atoms with Gasteiger partial charge in [-0.15, -0.1) is 11.6 Å². The van der Waals surface area contributed by atoms with Gasteiger partial charge in [-0.25, -0.2) is 9.67 Å². The molecule has 0 saturated heterocycles. The van der Waals surface area contributed by atoms with Crippen molar-refractivity contribution in [2.75, 3.05) is 0 Å². The van der Waals surface area contributed by atoms with Crippen molar-refractivity contribution in [2.24, 2.45) is 0 Å². The van der Waals surface area contributed by atoms with E-state index in [-0.39, 0.29) is 0 Å². The summed E-state index contributed by atoms with van der Waals surface area (Å²) < 4.78 is 1.74. The van der Waals surface area contributed by atoms with Gasteiger partial charge in [0.2, 0.25) is 0 Å². The van der Waals surface area contributed by atoms with Crippen LogP contribution in [0.5, 0.6) is 0 Å². The molecule has 0 radical (unpaired) electrons.